The molecule has 3 atom stereocenters. The van der Waals surface area contributed by atoms with Gasteiger partial charge in [0.15, 0.2) is 23.0 Å². The van der Waals surface area contributed by atoms with Gasteiger partial charge in [0.05, 0.1) is 90.9 Å². The van der Waals surface area contributed by atoms with Gasteiger partial charge in [0.25, 0.3) is 11.8 Å². The number of rotatable bonds is 51. The first-order chi connectivity index (χ1) is 52.4. The fraction of sp³-hybridized carbons (Fsp3) is 0.644. The smallest absolute Gasteiger partial charge is 0.261 e. The summed E-state index contributed by atoms with van der Waals surface area (Å²) in [6.45, 7) is 23.0. The van der Waals surface area contributed by atoms with E-state index in [9.17, 15) is 0 Å². The summed E-state index contributed by atoms with van der Waals surface area (Å²) in [6.07, 6.45) is 47.0. The van der Waals surface area contributed by atoms with E-state index in [2.05, 4.69) is 91.8 Å². The molecule has 3 unspecified atom stereocenters. The number of benzene rings is 1. The van der Waals surface area contributed by atoms with E-state index in [0.717, 1.165) is 137 Å². The van der Waals surface area contributed by atoms with E-state index in [1.807, 2.05) is 34.8 Å². The van der Waals surface area contributed by atoms with Crippen molar-refractivity contribution in [3.63, 3.8) is 0 Å². The maximum atomic E-state index is 15.2. The SMILES string of the molecule is CCCCCCCCCCCCOCC1(CC)COc2c(C)sc(-c3ccc(-c4nnc(-c5ccc(-c6sc(-c7cc8sc(C)cc8s7)c7c6OCC(CC)(COCCCCCCCCCCCC)CO7)s5)c5cc6c(cc45)C(=O)N(CC(CCCCCCCC)CCCCCCCCCC)C6=O)s3)c2OC1. The van der Waals surface area contributed by atoms with Crippen molar-refractivity contribution < 1.29 is 38.0 Å². The van der Waals surface area contributed by atoms with Gasteiger partial charge in [-0.25, -0.2) is 0 Å². The van der Waals surface area contributed by atoms with E-state index < -0.39 is 0 Å². The van der Waals surface area contributed by atoms with Crippen LogP contribution in [-0.2, 0) is 9.47 Å². The van der Waals surface area contributed by atoms with E-state index in [4.69, 9.17) is 38.6 Å². The monoisotopic (exact) mass is 1570 g/mol. The molecule has 7 aromatic heterocycles. The molecule has 0 saturated carbocycles. The van der Waals surface area contributed by atoms with Gasteiger partial charge in [-0.1, -0.05) is 247 Å². The van der Waals surface area contributed by atoms with Crippen molar-refractivity contribution in [3.05, 3.63) is 69.4 Å². The minimum atomic E-state index is -0.319. The molecule has 2 amide bonds. The molecule has 10 heterocycles. The number of carbonyl (C=O) groups excluding carboxylic acids is 2. The first kappa shape index (κ1) is 83.2. The summed E-state index contributed by atoms with van der Waals surface area (Å²) < 4.78 is 43.5. The Balaban J connectivity index is 0.872. The van der Waals surface area contributed by atoms with E-state index in [-0.39, 0.29) is 28.6 Å². The van der Waals surface area contributed by atoms with Gasteiger partial charge in [-0.3, -0.25) is 14.5 Å². The summed E-state index contributed by atoms with van der Waals surface area (Å²) in [5, 5.41) is 12.0. The van der Waals surface area contributed by atoms with Crippen LogP contribution in [-0.4, -0.2) is 86.3 Å². The lowest BCUT2D eigenvalue weighted by atomic mass is 9.88. The number of thiophene rings is 6. The number of ether oxygens (including phenoxy) is 6. The molecule has 0 radical (unpaired) electrons. The highest BCUT2D eigenvalue weighted by Gasteiger charge is 2.41. The summed E-state index contributed by atoms with van der Waals surface area (Å²) in [7, 11) is 0. The van der Waals surface area contributed by atoms with Crippen molar-refractivity contribution in [3.8, 4) is 73.4 Å². The highest BCUT2D eigenvalue weighted by Crippen LogP contribution is 2.59. The summed E-state index contributed by atoms with van der Waals surface area (Å²) >= 11 is 10.4. The lowest BCUT2D eigenvalue weighted by Crippen LogP contribution is -2.37. The molecule has 0 fully saturated rings. The van der Waals surface area contributed by atoms with Gasteiger partial charge in [0, 0.05) is 59.4 Å². The second kappa shape index (κ2) is 42.8. The van der Waals surface area contributed by atoms with Crippen LogP contribution in [0.2, 0.25) is 0 Å². The Hall–Kier alpha value is -4.72. The molecule has 17 heteroatoms. The van der Waals surface area contributed by atoms with Crippen molar-refractivity contribution >= 4 is 100 Å². The molecule has 107 heavy (non-hydrogen) atoms. The predicted molar refractivity (Wildman–Crippen MR) is 458 cm³/mol. The Morgan fingerprint density at radius 3 is 1.19 bits per heavy atom. The Labute approximate surface area is 666 Å². The topological polar surface area (TPSA) is 119 Å². The van der Waals surface area contributed by atoms with Gasteiger partial charge in [0.2, 0.25) is 0 Å². The predicted octanol–water partition coefficient (Wildman–Crippen LogP) is 28.8. The standard InChI is InChI=1S/C90H127N3O8S6/c1-9-15-19-23-27-30-32-35-39-43-51-96-58-89(13-5)60-98-80-65(8)103-84(81(80)99-61-89)73-49-47-71(104-73)78-67-54-69-70(88(95)93(87(69)94)57-66(45-41-37-26-22-18-12-4)46-42-38-34-29-25-21-17-11-3)55-68(67)79(92-91-78)72-48-50-74(105-72)85-82-83(86(107-85)77-56-76-75(106-77)53-64(7)102-76)101-63-90(14-6,62-100-82)59-97-52-44-40-36-33-31-28-24-20-16-10-2/h47-50,53-56,66H,9-46,51-52,57-63H2,1-8H3. The molecular weight excluding hydrogens is 1440 g/mol. The van der Waals surface area contributed by atoms with Gasteiger partial charge in [0.1, 0.15) is 11.4 Å². The van der Waals surface area contributed by atoms with Crippen LogP contribution in [0, 0.1) is 30.6 Å². The van der Waals surface area contributed by atoms with E-state index in [1.165, 1.54) is 212 Å². The molecule has 586 valence electrons. The normalized spacial score (nSPS) is 16.8. The lowest BCUT2D eigenvalue weighted by Gasteiger charge is -2.29. The first-order valence-corrected chi connectivity index (χ1v) is 47.2. The van der Waals surface area contributed by atoms with Gasteiger partial charge in [-0.15, -0.1) is 78.2 Å². The average Bonchev–Trinajstić information content (AvgIpc) is 1.63. The zero-order chi connectivity index (χ0) is 74.8. The molecule has 0 bridgehead atoms. The molecular formula is C90H127N3O8S6. The molecule has 8 aromatic rings. The highest BCUT2D eigenvalue weighted by atomic mass is 32.1. The Kier molecular flexibility index (Phi) is 33.3. The summed E-state index contributed by atoms with van der Waals surface area (Å²) in [4.78, 5) is 42.6. The highest BCUT2D eigenvalue weighted by molar-refractivity contribution is 7.32. The van der Waals surface area contributed by atoms with Crippen LogP contribution < -0.4 is 18.9 Å². The summed E-state index contributed by atoms with van der Waals surface area (Å²) in [6, 6.07) is 17.2. The number of unbranched alkanes of at least 4 members (excludes halogenated alkanes) is 30. The number of fused-ring (bicyclic) bond motifs is 5. The quantitative estimate of drug-likeness (QED) is 0.0269. The van der Waals surface area contributed by atoms with E-state index in [1.54, 1.807) is 50.2 Å². The first-order valence-electron chi connectivity index (χ1n) is 42.3. The van der Waals surface area contributed by atoms with Crippen LogP contribution in [0.15, 0.2) is 48.5 Å². The molecule has 1 aromatic carbocycles. The van der Waals surface area contributed by atoms with Gasteiger partial charge >= 0.3 is 0 Å². The van der Waals surface area contributed by atoms with Crippen LogP contribution in [0.25, 0.3) is 70.6 Å². The lowest BCUT2D eigenvalue weighted by molar-refractivity contribution is -0.00826. The maximum absolute atomic E-state index is 15.2. The average molecular weight is 1570 g/mol. The number of hydrogen-bond donors (Lipinski definition) is 0. The largest absolute Gasteiger partial charge is 0.488 e. The van der Waals surface area contributed by atoms with E-state index >= 15 is 9.59 Å². The molecule has 11 nitrogen and oxygen atoms in total. The van der Waals surface area contributed by atoms with Crippen LogP contribution in [0.1, 0.15) is 316 Å². The second-order valence-electron chi connectivity index (χ2n) is 31.7. The van der Waals surface area contributed by atoms with Gasteiger partial charge in [-0.2, -0.15) is 0 Å². The van der Waals surface area contributed by atoms with Crippen LogP contribution in [0.4, 0.5) is 0 Å². The number of aromatic nitrogens is 2. The van der Waals surface area contributed by atoms with Crippen molar-refractivity contribution in [2.24, 2.45) is 16.7 Å². The molecule has 0 aliphatic carbocycles. The van der Waals surface area contributed by atoms with Gasteiger partial charge in [-0.05, 0) is 107 Å². The number of carbonyl (C=O) groups is 2. The zero-order valence-electron chi connectivity index (χ0n) is 66.5. The summed E-state index contributed by atoms with van der Waals surface area (Å²) in [5.41, 5.74) is 1.63. The molecule has 3 aliphatic rings. The number of nitrogens with zero attached hydrogens (tertiary/aromatic N) is 3. The zero-order valence-corrected chi connectivity index (χ0v) is 71.4. The Morgan fingerprint density at radius 1 is 0.402 bits per heavy atom. The Morgan fingerprint density at radius 2 is 0.766 bits per heavy atom. The van der Waals surface area contributed by atoms with E-state index in [0.29, 0.717) is 68.7 Å². The molecule has 0 spiro atoms. The maximum Gasteiger partial charge on any atom is 0.261 e. The third-order valence-electron chi connectivity index (χ3n) is 22.9. The van der Waals surface area contributed by atoms with Crippen molar-refractivity contribution in [2.45, 2.75) is 299 Å². The minimum Gasteiger partial charge on any atom is -0.488 e. The minimum absolute atomic E-state index is 0.212. The molecule has 0 saturated heterocycles. The third-order valence-corrected chi connectivity index (χ3v) is 30.1. The van der Waals surface area contributed by atoms with Crippen molar-refractivity contribution in [1.82, 2.24) is 15.1 Å². The van der Waals surface area contributed by atoms with Crippen molar-refractivity contribution in [1.29, 1.82) is 0 Å². The van der Waals surface area contributed by atoms with Crippen LogP contribution in [0.5, 0.6) is 23.0 Å². The second-order valence-corrected chi connectivity index (χ2v) is 38.5. The summed E-state index contributed by atoms with van der Waals surface area (Å²) in [5.74, 6) is 3.00. The number of hydrogen-bond acceptors (Lipinski definition) is 16. The number of amides is 2. The third kappa shape index (κ3) is 22.2. The van der Waals surface area contributed by atoms with Gasteiger partial charge < -0.3 is 28.4 Å². The van der Waals surface area contributed by atoms with Crippen LogP contribution in [0.3, 0.4) is 0 Å². The number of imide groups is 1. The van der Waals surface area contributed by atoms with Crippen LogP contribution >= 0.6 is 68.0 Å². The number of aryl methyl sites for hydroxylation is 2. The fourth-order valence-electron chi connectivity index (χ4n) is 15.8. The van der Waals surface area contributed by atoms with Crippen molar-refractivity contribution in [2.75, 3.05) is 59.4 Å². The Bertz CT molecular complexity index is 4010. The molecule has 11 rings (SSSR count). The molecule has 3 aliphatic heterocycles. The molecule has 0 N–H and O–H groups in total. The fourth-order valence-corrected chi connectivity index (χ4v) is 22.6.